The van der Waals surface area contributed by atoms with Crippen LogP contribution in [-0.2, 0) is 0 Å². The van der Waals surface area contributed by atoms with Crippen LogP contribution in [0.3, 0.4) is 0 Å². The number of alkyl halides is 1. The lowest BCUT2D eigenvalue weighted by Crippen LogP contribution is -2.38. The van der Waals surface area contributed by atoms with Crippen molar-refractivity contribution in [2.24, 2.45) is 0 Å². The lowest BCUT2D eigenvalue weighted by Gasteiger charge is -2.30. The molecule has 1 aliphatic heterocycles. The maximum absolute atomic E-state index is 5.77. The zero-order valence-electron chi connectivity index (χ0n) is 9.44. The Morgan fingerprint density at radius 1 is 1.12 bits per heavy atom. The predicted molar refractivity (Wildman–Crippen MR) is 75.2 cm³/mol. The number of piperidine rings is 1. The van der Waals surface area contributed by atoms with Crippen LogP contribution in [-0.4, -0.2) is 28.6 Å². The van der Waals surface area contributed by atoms with E-state index in [-0.39, 0.29) is 0 Å². The first-order chi connectivity index (χ1) is 7.86. The molecule has 1 saturated heterocycles. The molecule has 0 aromatic heterocycles. The molecular weight excluding hydrogens is 313 g/mol. The predicted octanol–water partition coefficient (Wildman–Crippen LogP) is 3.31. The van der Waals surface area contributed by atoms with Crippen molar-refractivity contribution in [1.29, 1.82) is 0 Å². The second-order valence-electron chi connectivity index (χ2n) is 4.16. The van der Waals surface area contributed by atoms with Gasteiger partial charge < -0.3 is 4.74 Å². The van der Waals surface area contributed by atoms with Crippen LogP contribution in [0.25, 0.3) is 0 Å². The van der Waals surface area contributed by atoms with Gasteiger partial charge in [-0.25, -0.2) is 0 Å². The monoisotopic (exact) mass is 331 g/mol. The second kappa shape index (κ2) is 6.45. The van der Waals surface area contributed by atoms with Crippen LogP contribution in [0.2, 0.25) is 0 Å². The van der Waals surface area contributed by atoms with Crippen molar-refractivity contribution >= 4 is 22.6 Å². The number of hydrogen-bond donors (Lipinski definition) is 0. The molecule has 1 atom stereocenters. The molecule has 2 rings (SSSR count). The third kappa shape index (κ3) is 3.63. The number of ether oxygens (including phenoxy) is 1. The van der Waals surface area contributed by atoms with E-state index in [9.17, 15) is 0 Å². The number of benzene rings is 1. The van der Waals surface area contributed by atoms with Crippen molar-refractivity contribution in [2.75, 3.05) is 19.7 Å². The molecular formula is C13H18INO. The molecule has 0 amide bonds. The lowest BCUT2D eigenvalue weighted by atomic mass is 10.1. The molecule has 1 aliphatic rings. The molecule has 0 aliphatic carbocycles. The molecule has 88 valence electrons. The number of hydrogen-bond acceptors (Lipinski definition) is 2. The van der Waals surface area contributed by atoms with Crippen LogP contribution >= 0.6 is 22.6 Å². The SMILES string of the molecule is IC(COc1ccccc1)N1CCCCC1. The summed E-state index contributed by atoms with van der Waals surface area (Å²) in [4.78, 5) is 2.52. The normalized spacial score (nSPS) is 19.3. The van der Waals surface area contributed by atoms with Gasteiger partial charge in [-0.3, -0.25) is 4.90 Å². The van der Waals surface area contributed by atoms with E-state index < -0.39 is 0 Å². The smallest absolute Gasteiger partial charge is 0.119 e. The van der Waals surface area contributed by atoms with Crippen molar-refractivity contribution in [3.8, 4) is 5.75 Å². The Bertz CT molecular complexity index is 298. The third-order valence-electron chi connectivity index (χ3n) is 2.92. The van der Waals surface area contributed by atoms with Gasteiger partial charge in [0.05, 0.1) is 4.05 Å². The highest BCUT2D eigenvalue weighted by atomic mass is 127. The Balaban J connectivity index is 1.76. The van der Waals surface area contributed by atoms with Crippen molar-refractivity contribution in [3.63, 3.8) is 0 Å². The van der Waals surface area contributed by atoms with Crippen LogP contribution in [0.15, 0.2) is 30.3 Å². The minimum absolute atomic E-state index is 0.498. The molecule has 0 radical (unpaired) electrons. The van der Waals surface area contributed by atoms with E-state index in [0.717, 1.165) is 12.4 Å². The van der Waals surface area contributed by atoms with Crippen molar-refractivity contribution in [3.05, 3.63) is 30.3 Å². The summed E-state index contributed by atoms with van der Waals surface area (Å²) >= 11 is 2.49. The summed E-state index contributed by atoms with van der Waals surface area (Å²) in [6, 6.07) is 10.1. The zero-order chi connectivity index (χ0) is 11.2. The minimum Gasteiger partial charge on any atom is -0.491 e. The maximum atomic E-state index is 5.77. The molecule has 0 bridgehead atoms. The first kappa shape index (κ1) is 12.2. The largest absolute Gasteiger partial charge is 0.491 e. The van der Waals surface area contributed by atoms with Crippen LogP contribution in [0.1, 0.15) is 19.3 Å². The Morgan fingerprint density at radius 3 is 2.50 bits per heavy atom. The average Bonchev–Trinajstić information content (AvgIpc) is 2.38. The molecule has 0 N–H and O–H groups in total. The van der Waals surface area contributed by atoms with E-state index in [4.69, 9.17) is 4.74 Å². The van der Waals surface area contributed by atoms with Gasteiger partial charge in [-0.2, -0.15) is 0 Å². The summed E-state index contributed by atoms with van der Waals surface area (Å²) in [5.74, 6) is 0.973. The van der Waals surface area contributed by atoms with Crippen LogP contribution in [0, 0.1) is 0 Å². The molecule has 0 spiro atoms. The minimum atomic E-state index is 0.498. The fourth-order valence-electron chi connectivity index (χ4n) is 1.99. The van der Waals surface area contributed by atoms with E-state index in [1.165, 1.54) is 32.4 Å². The van der Waals surface area contributed by atoms with Crippen LogP contribution < -0.4 is 4.74 Å². The van der Waals surface area contributed by atoms with Crippen molar-refractivity contribution in [1.82, 2.24) is 4.90 Å². The van der Waals surface area contributed by atoms with Gasteiger partial charge in [-0.1, -0.05) is 47.2 Å². The molecule has 16 heavy (non-hydrogen) atoms. The molecule has 1 heterocycles. The molecule has 0 saturated carbocycles. The highest BCUT2D eigenvalue weighted by Crippen LogP contribution is 2.18. The average molecular weight is 331 g/mol. The summed E-state index contributed by atoms with van der Waals surface area (Å²) < 4.78 is 6.27. The summed E-state index contributed by atoms with van der Waals surface area (Å²) in [5.41, 5.74) is 0. The van der Waals surface area contributed by atoms with Gasteiger partial charge in [0, 0.05) is 0 Å². The highest BCUT2D eigenvalue weighted by molar-refractivity contribution is 14.1. The Morgan fingerprint density at radius 2 is 1.81 bits per heavy atom. The lowest BCUT2D eigenvalue weighted by molar-refractivity contribution is 0.172. The van der Waals surface area contributed by atoms with Gasteiger partial charge in [-0.05, 0) is 38.1 Å². The van der Waals surface area contributed by atoms with Crippen LogP contribution in [0.5, 0.6) is 5.75 Å². The molecule has 2 nitrogen and oxygen atoms in total. The van der Waals surface area contributed by atoms with Gasteiger partial charge >= 0.3 is 0 Å². The van der Waals surface area contributed by atoms with Crippen LogP contribution in [0.4, 0.5) is 0 Å². The number of halogens is 1. The molecule has 1 aromatic carbocycles. The van der Waals surface area contributed by atoms with E-state index >= 15 is 0 Å². The van der Waals surface area contributed by atoms with Gasteiger partial charge in [0.1, 0.15) is 12.4 Å². The Kier molecular flexibility index (Phi) is 4.91. The van der Waals surface area contributed by atoms with Gasteiger partial charge in [0.2, 0.25) is 0 Å². The standard InChI is InChI=1S/C13H18INO/c14-13(15-9-5-2-6-10-15)11-16-12-7-3-1-4-8-12/h1,3-4,7-8,13H,2,5-6,9-11H2. The first-order valence-electron chi connectivity index (χ1n) is 5.92. The summed E-state index contributed by atoms with van der Waals surface area (Å²) in [6.07, 6.45) is 4.06. The second-order valence-corrected chi connectivity index (χ2v) is 5.59. The fourth-order valence-corrected chi connectivity index (χ4v) is 2.72. The quantitative estimate of drug-likeness (QED) is 0.477. The molecule has 3 heteroatoms. The Labute approximate surface area is 111 Å². The van der Waals surface area contributed by atoms with Crippen molar-refractivity contribution < 1.29 is 4.74 Å². The molecule has 1 fully saturated rings. The van der Waals surface area contributed by atoms with E-state index in [0.29, 0.717) is 4.05 Å². The highest BCUT2D eigenvalue weighted by Gasteiger charge is 2.18. The topological polar surface area (TPSA) is 12.5 Å². The van der Waals surface area contributed by atoms with E-state index in [2.05, 4.69) is 27.5 Å². The number of para-hydroxylation sites is 1. The van der Waals surface area contributed by atoms with E-state index in [1.807, 2.05) is 30.3 Å². The fraction of sp³-hybridized carbons (Fsp3) is 0.538. The third-order valence-corrected chi connectivity index (χ3v) is 4.06. The maximum Gasteiger partial charge on any atom is 0.119 e. The number of rotatable bonds is 4. The van der Waals surface area contributed by atoms with Crippen molar-refractivity contribution in [2.45, 2.75) is 23.3 Å². The summed E-state index contributed by atoms with van der Waals surface area (Å²) in [7, 11) is 0. The number of nitrogens with zero attached hydrogens (tertiary/aromatic N) is 1. The molecule has 1 aromatic rings. The summed E-state index contributed by atoms with van der Waals surface area (Å²) in [6.45, 7) is 3.24. The molecule has 1 unspecified atom stereocenters. The van der Waals surface area contributed by atoms with Gasteiger partial charge in [0.25, 0.3) is 0 Å². The van der Waals surface area contributed by atoms with Gasteiger partial charge in [-0.15, -0.1) is 0 Å². The Hall–Kier alpha value is -0.290. The van der Waals surface area contributed by atoms with Gasteiger partial charge in [0.15, 0.2) is 0 Å². The van der Waals surface area contributed by atoms with E-state index in [1.54, 1.807) is 0 Å². The summed E-state index contributed by atoms with van der Waals surface area (Å²) in [5, 5.41) is 0. The number of likely N-dealkylation sites (tertiary alicyclic amines) is 1. The zero-order valence-corrected chi connectivity index (χ0v) is 11.6. The first-order valence-corrected chi connectivity index (χ1v) is 7.17.